The first-order chi connectivity index (χ1) is 9.27. The molecular formula is C14H27N3O3. The van der Waals surface area contributed by atoms with Crippen LogP contribution in [0.4, 0.5) is 4.79 Å². The number of hydrogen-bond donors (Lipinski definition) is 2. The number of piperazine rings is 1. The van der Waals surface area contributed by atoms with Gasteiger partial charge in [-0.3, -0.25) is 4.90 Å². The van der Waals surface area contributed by atoms with Gasteiger partial charge in [0.1, 0.15) is 6.04 Å². The van der Waals surface area contributed by atoms with E-state index < -0.39 is 12.0 Å². The van der Waals surface area contributed by atoms with Crippen molar-refractivity contribution in [1.82, 2.24) is 15.1 Å². The predicted octanol–water partition coefficient (Wildman–Crippen LogP) is 1.22. The fraction of sp³-hybridized carbons (Fsp3) is 0.857. The average Bonchev–Trinajstić information content (AvgIpc) is 2.39. The van der Waals surface area contributed by atoms with Crippen LogP contribution in [0.25, 0.3) is 0 Å². The van der Waals surface area contributed by atoms with Crippen LogP contribution in [-0.2, 0) is 4.79 Å². The van der Waals surface area contributed by atoms with Crippen LogP contribution < -0.4 is 5.32 Å². The molecule has 0 radical (unpaired) electrons. The lowest BCUT2D eigenvalue weighted by molar-refractivity contribution is -0.140. The number of nitrogens with one attached hydrogen (secondary N) is 1. The van der Waals surface area contributed by atoms with Crippen LogP contribution in [0.1, 0.15) is 34.1 Å². The van der Waals surface area contributed by atoms with Gasteiger partial charge in [-0.05, 0) is 26.8 Å². The number of rotatable bonds is 4. The molecule has 6 heteroatoms. The molecule has 2 N–H and O–H groups in total. The standard InChI is InChI=1S/C14H27N3O3/c1-6-9(2)12(13(18)19)15-14(20)17-7-10(3)16(5)11(4)8-17/h9-12H,6-8H2,1-5H3,(H,15,20)(H,18,19)/t9-,10?,11?,12-/m0/s1. The number of aliphatic carboxylic acids is 1. The number of urea groups is 1. The molecule has 1 aliphatic heterocycles. The van der Waals surface area contributed by atoms with E-state index in [0.29, 0.717) is 19.5 Å². The van der Waals surface area contributed by atoms with Crippen molar-refractivity contribution in [3.63, 3.8) is 0 Å². The lowest BCUT2D eigenvalue weighted by Crippen LogP contribution is -2.60. The monoisotopic (exact) mass is 285 g/mol. The minimum Gasteiger partial charge on any atom is -0.480 e. The molecule has 0 aromatic heterocycles. The SMILES string of the molecule is CC[C@H](C)[C@H](NC(=O)N1CC(C)N(C)C(C)C1)C(=O)O. The molecule has 1 aliphatic rings. The van der Waals surface area contributed by atoms with Crippen LogP contribution in [0.2, 0.25) is 0 Å². The van der Waals surface area contributed by atoms with Gasteiger partial charge in [0.05, 0.1) is 0 Å². The van der Waals surface area contributed by atoms with Crippen molar-refractivity contribution in [2.24, 2.45) is 5.92 Å². The van der Waals surface area contributed by atoms with E-state index >= 15 is 0 Å². The highest BCUT2D eigenvalue weighted by molar-refractivity contribution is 5.82. The summed E-state index contributed by atoms with van der Waals surface area (Å²) in [4.78, 5) is 27.5. The Morgan fingerprint density at radius 2 is 1.80 bits per heavy atom. The number of amides is 2. The number of nitrogens with zero attached hydrogens (tertiary/aromatic N) is 2. The van der Waals surface area contributed by atoms with Crippen LogP contribution >= 0.6 is 0 Å². The molecule has 4 atom stereocenters. The number of likely N-dealkylation sites (N-methyl/N-ethyl adjacent to an activating group) is 1. The summed E-state index contributed by atoms with van der Waals surface area (Å²) in [6, 6.07) is -0.546. The summed E-state index contributed by atoms with van der Waals surface area (Å²) in [6.45, 7) is 9.15. The molecule has 2 unspecified atom stereocenters. The summed E-state index contributed by atoms with van der Waals surface area (Å²) in [7, 11) is 2.05. The highest BCUT2D eigenvalue weighted by Gasteiger charge is 2.32. The van der Waals surface area contributed by atoms with Crippen molar-refractivity contribution in [3.8, 4) is 0 Å². The maximum absolute atomic E-state index is 12.3. The highest BCUT2D eigenvalue weighted by Crippen LogP contribution is 2.14. The van der Waals surface area contributed by atoms with Crippen LogP contribution in [0, 0.1) is 5.92 Å². The summed E-state index contributed by atoms with van der Waals surface area (Å²) in [5.41, 5.74) is 0. The van der Waals surface area contributed by atoms with Crippen molar-refractivity contribution >= 4 is 12.0 Å². The lowest BCUT2D eigenvalue weighted by atomic mass is 9.99. The Labute approximate surface area is 121 Å². The Balaban J connectivity index is 2.68. The van der Waals surface area contributed by atoms with Gasteiger partial charge < -0.3 is 15.3 Å². The summed E-state index contributed by atoms with van der Waals surface area (Å²) in [5.74, 6) is -1.05. The molecule has 1 fully saturated rings. The Bertz CT molecular complexity index is 350. The molecule has 1 rings (SSSR count). The van der Waals surface area contributed by atoms with E-state index in [9.17, 15) is 14.7 Å². The van der Waals surface area contributed by atoms with Gasteiger partial charge in [-0.1, -0.05) is 20.3 Å². The van der Waals surface area contributed by atoms with Gasteiger partial charge in [-0.25, -0.2) is 9.59 Å². The van der Waals surface area contributed by atoms with Crippen LogP contribution in [-0.4, -0.2) is 65.2 Å². The van der Waals surface area contributed by atoms with E-state index in [1.165, 1.54) is 0 Å². The number of carbonyl (C=O) groups is 2. The maximum Gasteiger partial charge on any atom is 0.326 e. The van der Waals surface area contributed by atoms with Gasteiger partial charge in [0, 0.05) is 25.2 Å². The largest absolute Gasteiger partial charge is 0.480 e. The molecule has 6 nitrogen and oxygen atoms in total. The zero-order chi connectivity index (χ0) is 15.4. The molecule has 0 aromatic rings. The van der Waals surface area contributed by atoms with Gasteiger partial charge in [-0.2, -0.15) is 0 Å². The Hall–Kier alpha value is -1.30. The highest BCUT2D eigenvalue weighted by atomic mass is 16.4. The van der Waals surface area contributed by atoms with Crippen molar-refractivity contribution in [1.29, 1.82) is 0 Å². The fourth-order valence-electron chi connectivity index (χ4n) is 2.48. The Morgan fingerprint density at radius 1 is 1.30 bits per heavy atom. The quantitative estimate of drug-likeness (QED) is 0.814. The second-order valence-corrected chi connectivity index (χ2v) is 5.92. The minimum absolute atomic E-state index is 0.0845. The second kappa shape index (κ2) is 6.92. The van der Waals surface area contributed by atoms with Crippen molar-refractivity contribution in [2.45, 2.75) is 52.2 Å². The molecule has 0 saturated carbocycles. The molecular weight excluding hydrogens is 258 g/mol. The molecule has 20 heavy (non-hydrogen) atoms. The first-order valence-electron chi connectivity index (χ1n) is 7.28. The van der Waals surface area contributed by atoms with Gasteiger partial charge in [-0.15, -0.1) is 0 Å². The molecule has 1 saturated heterocycles. The fourth-order valence-corrected chi connectivity index (χ4v) is 2.48. The van der Waals surface area contributed by atoms with Crippen LogP contribution in [0.5, 0.6) is 0 Å². The topological polar surface area (TPSA) is 72.9 Å². The smallest absolute Gasteiger partial charge is 0.326 e. The second-order valence-electron chi connectivity index (χ2n) is 5.92. The van der Waals surface area contributed by atoms with E-state index in [2.05, 4.69) is 24.1 Å². The molecule has 1 heterocycles. The Kier molecular flexibility index (Phi) is 5.80. The average molecular weight is 285 g/mol. The third kappa shape index (κ3) is 3.85. The summed E-state index contributed by atoms with van der Waals surface area (Å²) >= 11 is 0. The normalized spacial score (nSPS) is 26.9. The van der Waals surface area contributed by atoms with Gasteiger partial charge in [0.25, 0.3) is 0 Å². The first kappa shape index (κ1) is 16.8. The van der Waals surface area contributed by atoms with Crippen LogP contribution in [0.15, 0.2) is 0 Å². The van der Waals surface area contributed by atoms with E-state index in [4.69, 9.17) is 0 Å². The minimum atomic E-state index is -0.970. The van der Waals surface area contributed by atoms with E-state index in [0.717, 1.165) is 0 Å². The first-order valence-corrected chi connectivity index (χ1v) is 7.28. The molecule has 0 spiro atoms. The zero-order valence-corrected chi connectivity index (χ0v) is 13.1. The van der Waals surface area contributed by atoms with E-state index in [1.807, 2.05) is 20.9 Å². The molecule has 0 bridgehead atoms. The van der Waals surface area contributed by atoms with Crippen LogP contribution in [0.3, 0.4) is 0 Å². The molecule has 0 aromatic carbocycles. The van der Waals surface area contributed by atoms with Gasteiger partial charge in [0.15, 0.2) is 0 Å². The third-order valence-corrected chi connectivity index (χ3v) is 4.40. The predicted molar refractivity (Wildman–Crippen MR) is 77.7 cm³/mol. The van der Waals surface area contributed by atoms with Crippen molar-refractivity contribution in [2.75, 3.05) is 20.1 Å². The van der Waals surface area contributed by atoms with Gasteiger partial charge in [0.2, 0.25) is 0 Å². The van der Waals surface area contributed by atoms with Crippen molar-refractivity contribution < 1.29 is 14.7 Å². The Morgan fingerprint density at radius 3 is 2.20 bits per heavy atom. The van der Waals surface area contributed by atoms with Crippen molar-refractivity contribution in [3.05, 3.63) is 0 Å². The maximum atomic E-state index is 12.3. The lowest BCUT2D eigenvalue weighted by Gasteiger charge is -2.42. The summed E-state index contributed by atoms with van der Waals surface area (Å²) in [5, 5.41) is 11.9. The number of carbonyl (C=O) groups excluding carboxylic acids is 1. The molecule has 0 aliphatic carbocycles. The third-order valence-electron chi connectivity index (χ3n) is 4.40. The molecule has 116 valence electrons. The zero-order valence-electron chi connectivity index (χ0n) is 13.1. The molecule has 2 amide bonds. The number of hydrogen-bond acceptors (Lipinski definition) is 3. The summed E-state index contributed by atoms with van der Waals surface area (Å²) < 4.78 is 0. The number of carboxylic acids is 1. The number of carboxylic acid groups (broad SMARTS) is 1. The van der Waals surface area contributed by atoms with Gasteiger partial charge >= 0.3 is 12.0 Å². The van der Waals surface area contributed by atoms with E-state index in [-0.39, 0.29) is 24.0 Å². The van der Waals surface area contributed by atoms with E-state index in [1.54, 1.807) is 4.90 Å². The summed E-state index contributed by atoms with van der Waals surface area (Å²) in [6.07, 6.45) is 0.715.